The molecule has 0 spiro atoms. The molecule has 0 saturated carbocycles. The van der Waals surface area contributed by atoms with Crippen molar-refractivity contribution in [2.45, 2.75) is 31.0 Å². The van der Waals surface area contributed by atoms with E-state index in [1.807, 2.05) is 13.8 Å². The summed E-state index contributed by atoms with van der Waals surface area (Å²) in [6.07, 6.45) is 1.98. The predicted octanol–water partition coefficient (Wildman–Crippen LogP) is 3.23. The Labute approximate surface area is 198 Å². The average molecular weight is 493 g/mol. The number of amides is 1. The van der Waals surface area contributed by atoms with Crippen molar-refractivity contribution in [1.29, 1.82) is 0 Å². The van der Waals surface area contributed by atoms with Crippen molar-refractivity contribution < 1.29 is 27.5 Å². The molecular weight excluding hydrogens is 464 g/mol. The molecule has 2 aromatic rings. The molecule has 1 amide bonds. The second kappa shape index (κ2) is 10.5. The minimum absolute atomic E-state index is 0.0610. The van der Waals surface area contributed by atoms with Gasteiger partial charge in [-0.1, -0.05) is 32.6 Å². The topological polar surface area (TPSA) is 102 Å². The van der Waals surface area contributed by atoms with Crippen LogP contribution in [-0.2, 0) is 27.7 Å². The largest absolute Gasteiger partial charge is 0.490 e. The molecule has 10 heteroatoms. The zero-order valence-electron chi connectivity index (χ0n) is 18.9. The summed E-state index contributed by atoms with van der Waals surface area (Å²) in [6.45, 7) is 8.54. The number of hydrogen-bond acceptors (Lipinski definition) is 7. The summed E-state index contributed by atoms with van der Waals surface area (Å²) < 4.78 is 38.8. The highest BCUT2D eigenvalue weighted by atomic mass is 32.2. The Balaban J connectivity index is 1.90. The van der Waals surface area contributed by atoms with Crippen molar-refractivity contribution in [2.24, 2.45) is 5.92 Å². The van der Waals surface area contributed by atoms with Crippen LogP contribution >= 0.6 is 11.3 Å². The quantitative estimate of drug-likeness (QED) is 0.426. The molecule has 0 atom stereocenters. The van der Waals surface area contributed by atoms with Gasteiger partial charge in [-0.15, -0.1) is 11.3 Å². The molecular formula is C23H28N2O6S2. The van der Waals surface area contributed by atoms with Gasteiger partial charge in [0.15, 0.2) is 0 Å². The van der Waals surface area contributed by atoms with Crippen molar-refractivity contribution in [3.05, 3.63) is 58.5 Å². The Morgan fingerprint density at radius 2 is 2.09 bits per heavy atom. The van der Waals surface area contributed by atoms with Gasteiger partial charge >= 0.3 is 5.97 Å². The number of methoxy groups -OCH3 is 1. The number of esters is 1. The Morgan fingerprint density at radius 3 is 2.76 bits per heavy atom. The van der Waals surface area contributed by atoms with Crippen molar-refractivity contribution in [3.63, 3.8) is 0 Å². The average Bonchev–Trinajstić information content (AvgIpc) is 3.20. The van der Waals surface area contributed by atoms with E-state index in [1.165, 1.54) is 7.11 Å². The lowest BCUT2D eigenvalue weighted by atomic mass is 10.0. The minimum atomic E-state index is -3.90. The summed E-state index contributed by atoms with van der Waals surface area (Å²) in [7, 11) is -2.67. The van der Waals surface area contributed by atoms with Gasteiger partial charge < -0.3 is 14.4 Å². The number of sulfonamides is 1. The maximum absolute atomic E-state index is 13.1. The minimum Gasteiger partial charge on any atom is -0.490 e. The predicted molar refractivity (Wildman–Crippen MR) is 126 cm³/mol. The van der Waals surface area contributed by atoms with Crippen molar-refractivity contribution in [3.8, 4) is 5.75 Å². The zero-order valence-corrected chi connectivity index (χ0v) is 20.6. The molecule has 0 bridgehead atoms. The molecule has 0 unspecified atom stereocenters. The van der Waals surface area contributed by atoms with Crippen LogP contribution in [0.5, 0.6) is 5.75 Å². The zero-order chi connectivity index (χ0) is 24.2. The van der Waals surface area contributed by atoms with Gasteiger partial charge in [-0.05, 0) is 36.1 Å². The molecule has 0 radical (unpaired) electrons. The molecule has 178 valence electrons. The van der Waals surface area contributed by atoms with Crippen LogP contribution < -0.4 is 9.46 Å². The lowest BCUT2D eigenvalue weighted by molar-refractivity contribution is 0.0595. The van der Waals surface area contributed by atoms with Gasteiger partial charge in [-0.3, -0.25) is 4.79 Å². The highest BCUT2D eigenvalue weighted by molar-refractivity contribution is 7.91. The molecule has 0 aliphatic carbocycles. The van der Waals surface area contributed by atoms with Crippen LogP contribution in [0.25, 0.3) is 0 Å². The molecule has 2 heterocycles. The van der Waals surface area contributed by atoms with E-state index >= 15 is 0 Å². The maximum atomic E-state index is 13.1. The van der Waals surface area contributed by atoms with Crippen LogP contribution in [0.4, 0.5) is 0 Å². The lowest BCUT2D eigenvalue weighted by Crippen LogP contribution is -2.35. The Kier molecular flexibility index (Phi) is 7.93. The van der Waals surface area contributed by atoms with E-state index in [0.717, 1.165) is 11.3 Å². The molecule has 1 aromatic heterocycles. The second-order valence-electron chi connectivity index (χ2n) is 8.01. The van der Waals surface area contributed by atoms with Gasteiger partial charge in [0, 0.05) is 23.5 Å². The number of fused-ring (bicyclic) bond motifs is 1. The summed E-state index contributed by atoms with van der Waals surface area (Å²) in [5.41, 5.74) is 1.17. The highest BCUT2D eigenvalue weighted by Gasteiger charge is 2.35. The van der Waals surface area contributed by atoms with E-state index in [2.05, 4.69) is 11.3 Å². The van der Waals surface area contributed by atoms with Crippen LogP contribution in [-0.4, -0.2) is 52.0 Å². The standard InChI is InChI=1S/C23H28N2O6S2/c1-5-11-31-17-8-6-7-16(12-17)21(26)25-10-9-18-19(14-25)32-23(20(18)22(27)30-4)33(28,29)24-13-15(2)3/h5-8,12,15,24H,1,9-11,13-14H2,2-4H3. The molecule has 1 aliphatic rings. The van der Waals surface area contributed by atoms with Gasteiger partial charge in [0.1, 0.15) is 16.6 Å². The Morgan fingerprint density at radius 1 is 1.33 bits per heavy atom. The summed E-state index contributed by atoms with van der Waals surface area (Å²) in [5, 5.41) is 0. The molecule has 0 fully saturated rings. The molecule has 1 aromatic carbocycles. The van der Waals surface area contributed by atoms with Gasteiger partial charge in [0.2, 0.25) is 0 Å². The Hall–Kier alpha value is -2.69. The summed E-state index contributed by atoms with van der Waals surface area (Å²) in [4.78, 5) is 27.9. The number of benzene rings is 1. The smallest absolute Gasteiger partial charge is 0.340 e. The first-order valence-electron chi connectivity index (χ1n) is 10.5. The number of carbonyl (C=O) groups excluding carboxylic acids is 2. The van der Waals surface area contributed by atoms with Gasteiger partial charge in [-0.2, -0.15) is 0 Å². The number of nitrogens with zero attached hydrogens (tertiary/aromatic N) is 1. The maximum Gasteiger partial charge on any atom is 0.340 e. The Bertz CT molecular complexity index is 1150. The van der Waals surface area contributed by atoms with Crippen LogP contribution in [0.2, 0.25) is 0 Å². The van der Waals surface area contributed by atoms with E-state index < -0.39 is 16.0 Å². The van der Waals surface area contributed by atoms with Crippen molar-refractivity contribution in [2.75, 3.05) is 26.8 Å². The number of rotatable bonds is 9. The SMILES string of the molecule is C=CCOc1cccc(C(=O)N2CCc3c(sc(S(=O)(=O)NCC(C)C)c3C(=O)OC)C2)c1. The second-order valence-corrected chi connectivity index (χ2v) is 11.1. The summed E-state index contributed by atoms with van der Waals surface area (Å²) in [6, 6.07) is 6.88. The molecule has 1 aliphatic heterocycles. The van der Waals surface area contributed by atoms with E-state index in [0.29, 0.717) is 41.3 Å². The number of thiophene rings is 1. The molecule has 8 nitrogen and oxygen atoms in total. The van der Waals surface area contributed by atoms with Crippen LogP contribution in [0, 0.1) is 5.92 Å². The number of carbonyl (C=O) groups is 2. The lowest BCUT2D eigenvalue weighted by Gasteiger charge is -2.27. The normalized spacial score (nSPS) is 13.5. The fourth-order valence-electron chi connectivity index (χ4n) is 3.45. The molecule has 0 saturated heterocycles. The fourth-order valence-corrected chi connectivity index (χ4v) is 6.60. The molecule has 3 rings (SSSR count). The first kappa shape index (κ1) is 24.9. The number of nitrogens with one attached hydrogen (secondary N) is 1. The highest BCUT2D eigenvalue weighted by Crippen LogP contribution is 2.37. The number of ether oxygens (including phenoxy) is 2. The first-order chi connectivity index (χ1) is 15.7. The van der Waals surface area contributed by atoms with Gasteiger partial charge in [0.25, 0.3) is 15.9 Å². The van der Waals surface area contributed by atoms with Gasteiger partial charge in [0.05, 0.1) is 19.2 Å². The third-order valence-corrected chi connectivity index (χ3v) is 8.23. The van der Waals surface area contributed by atoms with Crippen LogP contribution in [0.3, 0.4) is 0 Å². The van der Waals surface area contributed by atoms with Gasteiger partial charge in [-0.25, -0.2) is 17.9 Å². The molecule has 1 N–H and O–H groups in total. The third kappa shape index (κ3) is 5.63. The first-order valence-corrected chi connectivity index (χ1v) is 12.8. The summed E-state index contributed by atoms with van der Waals surface area (Å²) in [5.74, 6) is -0.216. The molecule has 33 heavy (non-hydrogen) atoms. The van der Waals surface area contributed by atoms with E-state index in [-0.39, 0.29) is 34.7 Å². The monoisotopic (exact) mass is 492 g/mol. The summed E-state index contributed by atoms with van der Waals surface area (Å²) >= 11 is 1.01. The van der Waals surface area contributed by atoms with E-state index in [4.69, 9.17) is 9.47 Å². The number of hydrogen-bond donors (Lipinski definition) is 1. The van der Waals surface area contributed by atoms with Crippen molar-refractivity contribution >= 4 is 33.2 Å². The third-order valence-electron chi connectivity index (χ3n) is 5.08. The van der Waals surface area contributed by atoms with Crippen LogP contribution in [0.15, 0.2) is 41.1 Å². The van der Waals surface area contributed by atoms with E-state index in [9.17, 15) is 18.0 Å². The van der Waals surface area contributed by atoms with Crippen LogP contribution in [0.1, 0.15) is 45.0 Å². The van der Waals surface area contributed by atoms with Crippen molar-refractivity contribution in [1.82, 2.24) is 9.62 Å². The van der Waals surface area contributed by atoms with E-state index in [1.54, 1.807) is 35.2 Å². The fraction of sp³-hybridized carbons (Fsp3) is 0.391.